The lowest BCUT2D eigenvalue weighted by Gasteiger charge is -2.49. The molecule has 0 unspecified atom stereocenters. The minimum absolute atomic E-state index is 0.292. The summed E-state index contributed by atoms with van der Waals surface area (Å²) in [6.07, 6.45) is 10.7. The maximum absolute atomic E-state index is 10.9. The van der Waals surface area contributed by atoms with Crippen LogP contribution in [0.5, 0.6) is 0 Å². The Hall–Kier alpha value is -0.0400. The van der Waals surface area contributed by atoms with Gasteiger partial charge in [-0.15, -0.1) is 0 Å². The number of unbranched alkanes of at least 4 members (excludes halogenated alkanes) is 4. The molecule has 0 amide bonds. The molecule has 0 bridgehead atoms. The Bertz CT molecular complexity index is 236. The summed E-state index contributed by atoms with van der Waals surface area (Å²) in [5.74, 6) is 0. The van der Waals surface area contributed by atoms with Gasteiger partial charge >= 0.3 is 0 Å². The van der Waals surface area contributed by atoms with Gasteiger partial charge in [-0.25, -0.2) is 0 Å². The van der Waals surface area contributed by atoms with Gasteiger partial charge in [-0.2, -0.15) is 0 Å². The molecule has 1 rings (SSSR count). The molecule has 0 aromatic rings. The molecule has 18 heavy (non-hydrogen) atoms. The van der Waals surface area contributed by atoms with Gasteiger partial charge in [-0.3, -0.25) is 0 Å². The second-order valence-electron chi connectivity index (χ2n) is 8.25. The van der Waals surface area contributed by atoms with Gasteiger partial charge in [0.05, 0.1) is 5.60 Å². The number of aliphatic hydroxyl groups is 1. The highest BCUT2D eigenvalue weighted by Gasteiger charge is 2.45. The summed E-state index contributed by atoms with van der Waals surface area (Å²) in [6.45, 7) is 11.5. The molecule has 108 valence electrons. The average Bonchev–Trinajstić information content (AvgIpc) is 2.11. The molecule has 0 aromatic heterocycles. The SMILES string of the molecule is CCCCCCCC1(O)CC(C)(C)CC(C)(C)C1. The molecular weight excluding hydrogens is 220 g/mol. The second-order valence-corrected chi connectivity index (χ2v) is 8.25. The highest BCUT2D eigenvalue weighted by Crippen LogP contribution is 2.51. The van der Waals surface area contributed by atoms with E-state index in [1.54, 1.807) is 0 Å². The van der Waals surface area contributed by atoms with Gasteiger partial charge in [0.15, 0.2) is 0 Å². The van der Waals surface area contributed by atoms with Crippen LogP contribution in [-0.2, 0) is 0 Å². The number of hydrogen-bond donors (Lipinski definition) is 1. The fourth-order valence-electron chi connectivity index (χ4n) is 4.50. The first-order chi connectivity index (χ1) is 8.18. The van der Waals surface area contributed by atoms with Crippen LogP contribution in [0.3, 0.4) is 0 Å². The molecule has 1 fully saturated rings. The van der Waals surface area contributed by atoms with Crippen LogP contribution in [0.4, 0.5) is 0 Å². The maximum atomic E-state index is 10.9. The Kier molecular flexibility index (Phi) is 5.29. The summed E-state index contributed by atoms with van der Waals surface area (Å²) in [7, 11) is 0. The molecule has 0 spiro atoms. The molecule has 1 N–H and O–H groups in total. The van der Waals surface area contributed by atoms with Crippen LogP contribution in [0, 0.1) is 10.8 Å². The van der Waals surface area contributed by atoms with Crippen molar-refractivity contribution in [2.75, 3.05) is 0 Å². The fourth-order valence-corrected chi connectivity index (χ4v) is 4.50. The van der Waals surface area contributed by atoms with Gasteiger partial charge in [0.1, 0.15) is 0 Å². The third kappa shape index (κ3) is 5.30. The minimum Gasteiger partial charge on any atom is -0.390 e. The topological polar surface area (TPSA) is 20.2 Å². The standard InChI is InChI=1S/C17H34O/c1-6-7-8-9-10-11-17(18)13-15(2,3)12-16(4,5)14-17/h18H,6-14H2,1-5H3. The van der Waals surface area contributed by atoms with E-state index in [1.807, 2.05) is 0 Å². The van der Waals surface area contributed by atoms with E-state index in [0.29, 0.717) is 10.8 Å². The summed E-state index contributed by atoms with van der Waals surface area (Å²) in [5.41, 5.74) is 0.178. The van der Waals surface area contributed by atoms with Crippen molar-refractivity contribution >= 4 is 0 Å². The lowest BCUT2D eigenvalue weighted by atomic mass is 9.59. The summed E-state index contributed by atoms with van der Waals surface area (Å²) in [4.78, 5) is 0. The van der Waals surface area contributed by atoms with E-state index in [1.165, 1.54) is 38.5 Å². The number of rotatable bonds is 6. The molecule has 0 heterocycles. The first kappa shape index (κ1) is 16.0. The quantitative estimate of drug-likeness (QED) is 0.636. The molecule has 0 radical (unpaired) electrons. The van der Waals surface area contributed by atoms with Crippen molar-refractivity contribution in [3.63, 3.8) is 0 Å². The van der Waals surface area contributed by atoms with Crippen LogP contribution in [0.25, 0.3) is 0 Å². The van der Waals surface area contributed by atoms with Crippen LogP contribution < -0.4 is 0 Å². The normalized spacial score (nSPS) is 25.0. The first-order valence-corrected chi connectivity index (χ1v) is 7.91. The van der Waals surface area contributed by atoms with Crippen molar-refractivity contribution in [3.05, 3.63) is 0 Å². The lowest BCUT2D eigenvalue weighted by Crippen LogP contribution is -2.46. The molecule has 1 aliphatic rings. The molecule has 1 saturated carbocycles. The van der Waals surface area contributed by atoms with E-state index in [2.05, 4.69) is 34.6 Å². The van der Waals surface area contributed by atoms with Gasteiger partial charge in [0.2, 0.25) is 0 Å². The van der Waals surface area contributed by atoms with Crippen molar-refractivity contribution in [3.8, 4) is 0 Å². The molecule has 0 saturated heterocycles. The van der Waals surface area contributed by atoms with Crippen LogP contribution in [-0.4, -0.2) is 10.7 Å². The molecule has 1 heteroatoms. The first-order valence-electron chi connectivity index (χ1n) is 7.91. The fraction of sp³-hybridized carbons (Fsp3) is 1.00. The Morgan fingerprint density at radius 3 is 1.78 bits per heavy atom. The third-order valence-corrected chi connectivity index (χ3v) is 4.32. The maximum Gasteiger partial charge on any atom is 0.0658 e. The molecule has 1 aliphatic carbocycles. The van der Waals surface area contributed by atoms with Crippen LogP contribution >= 0.6 is 0 Å². The van der Waals surface area contributed by atoms with Gasteiger partial charge in [-0.05, 0) is 36.5 Å². The van der Waals surface area contributed by atoms with E-state index in [0.717, 1.165) is 19.3 Å². The Labute approximate surface area is 114 Å². The monoisotopic (exact) mass is 254 g/mol. The molecular formula is C17H34O. The lowest BCUT2D eigenvalue weighted by molar-refractivity contribution is -0.0915. The average molecular weight is 254 g/mol. The zero-order valence-corrected chi connectivity index (χ0v) is 13.3. The summed E-state index contributed by atoms with van der Waals surface area (Å²) in [6, 6.07) is 0. The zero-order chi connectivity index (χ0) is 13.9. The van der Waals surface area contributed by atoms with Gasteiger partial charge < -0.3 is 5.11 Å². The van der Waals surface area contributed by atoms with Crippen molar-refractivity contribution in [2.24, 2.45) is 10.8 Å². The summed E-state index contributed by atoms with van der Waals surface area (Å²) < 4.78 is 0. The van der Waals surface area contributed by atoms with Gasteiger partial charge in [0, 0.05) is 0 Å². The van der Waals surface area contributed by atoms with E-state index in [9.17, 15) is 5.11 Å². The van der Waals surface area contributed by atoms with Crippen molar-refractivity contribution in [1.29, 1.82) is 0 Å². The molecule has 0 aliphatic heterocycles. The van der Waals surface area contributed by atoms with Gasteiger partial charge in [-0.1, -0.05) is 66.7 Å². The smallest absolute Gasteiger partial charge is 0.0658 e. The van der Waals surface area contributed by atoms with Crippen LogP contribution in [0.15, 0.2) is 0 Å². The van der Waals surface area contributed by atoms with Crippen LogP contribution in [0.1, 0.15) is 92.4 Å². The van der Waals surface area contributed by atoms with E-state index < -0.39 is 5.60 Å². The number of hydrogen-bond acceptors (Lipinski definition) is 1. The summed E-state index contributed by atoms with van der Waals surface area (Å²) >= 11 is 0. The van der Waals surface area contributed by atoms with Gasteiger partial charge in [0.25, 0.3) is 0 Å². The Balaban J connectivity index is 2.46. The second kappa shape index (κ2) is 5.94. The molecule has 1 nitrogen and oxygen atoms in total. The third-order valence-electron chi connectivity index (χ3n) is 4.32. The highest BCUT2D eigenvalue weighted by molar-refractivity contribution is 4.97. The predicted octanol–water partition coefficient (Wildman–Crippen LogP) is 5.31. The highest BCUT2D eigenvalue weighted by atomic mass is 16.3. The predicted molar refractivity (Wildman–Crippen MR) is 79.7 cm³/mol. The molecule has 0 atom stereocenters. The summed E-state index contributed by atoms with van der Waals surface area (Å²) in [5, 5.41) is 10.9. The largest absolute Gasteiger partial charge is 0.390 e. The van der Waals surface area contributed by atoms with Crippen molar-refractivity contribution in [1.82, 2.24) is 0 Å². The Morgan fingerprint density at radius 2 is 1.28 bits per heavy atom. The minimum atomic E-state index is -0.405. The van der Waals surface area contributed by atoms with Crippen LogP contribution in [0.2, 0.25) is 0 Å². The molecule has 0 aromatic carbocycles. The zero-order valence-electron chi connectivity index (χ0n) is 13.3. The Morgan fingerprint density at radius 1 is 0.778 bits per heavy atom. The van der Waals surface area contributed by atoms with Crippen molar-refractivity contribution in [2.45, 2.75) is 98.0 Å². The van der Waals surface area contributed by atoms with E-state index in [4.69, 9.17) is 0 Å². The van der Waals surface area contributed by atoms with Crippen molar-refractivity contribution < 1.29 is 5.11 Å². The van der Waals surface area contributed by atoms with E-state index in [-0.39, 0.29) is 0 Å². The van der Waals surface area contributed by atoms with E-state index >= 15 is 0 Å².